The Morgan fingerprint density at radius 2 is 1.63 bits per heavy atom. The van der Waals surface area contributed by atoms with Crippen LogP contribution in [0.2, 0.25) is 5.02 Å². The van der Waals surface area contributed by atoms with Gasteiger partial charge >= 0.3 is 6.18 Å². The molecule has 0 aliphatic heterocycles. The van der Waals surface area contributed by atoms with Gasteiger partial charge in [-0.3, -0.25) is 9.59 Å². The molecule has 2 amide bonds. The SMILES string of the molecule is CC/C=C(/C=C(\C(=O)NC)c1ccc(C(N)C(F)(F)F)cc1)CNC(=O)/C(C)=C(\C)C(C)(F)F.CCN.N#Cc1cc(Cl)cc(C2CC2)c1. The fourth-order valence-electron chi connectivity index (χ4n) is 4.25. The van der Waals surface area contributed by atoms with E-state index in [0.717, 1.165) is 6.54 Å². The molecule has 268 valence electrons. The number of nitrogens with zero attached hydrogens (tertiary/aromatic N) is 1. The summed E-state index contributed by atoms with van der Waals surface area (Å²) in [6.45, 7) is 7.60. The van der Waals surface area contributed by atoms with Crippen LogP contribution in [0.1, 0.15) is 88.1 Å². The third-order valence-corrected chi connectivity index (χ3v) is 7.53. The van der Waals surface area contributed by atoms with Gasteiger partial charge in [0.25, 0.3) is 11.8 Å². The molecule has 0 heterocycles. The molecule has 1 aliphatic carbocycles. The summed E-state index contributed by atoms with van der Waals surface area (Å²) in [7, 11) is 1.40. The molecule has 1 atom stereocenters. The third kappa shape index (κ3) is 14.5. The largest absolute Gasteiger partial charge is 0.407 e. The maximum absolute atomic E-state index is 13.5. The number of benzene rings is 2. The number of nitrogens with two attached hydrogens (primary N) is 2. The highest BCUT2D eigenvalue weighted by Gasteiger charge is 2.37. The Bertz CT molecular complexity index is 1550. The Hall–Kier alpha value is -4.05. The predicted octanol–water partition coefficient (Wildman–Crippen LogP) is 7.88. The smallest absolute Gasteiger partial charge is 0.355 e. The van der Waals surface area contributed by atoms with E-state index in [9.17, 15) is 31.5 Å². The Balaban J connectivity index is 0.000000652. The summed E-state index contributed by atoms with van der Waals surface area (Å²) in [6.07, 6.45) is 1.64. The molecular weight excluding hydrogens is 665 g/mol. The van der Waals surface area contributed by atoms with Crippen LogP contribution in [0.4, 0.5) is 22.0 Å². The maximum atomic E-state index is 13.5. The number of nitriles is 1. The molecule has 0 saturated heterocycles. The van der Waals surface area contributed by atoms with Crippen LogP contribution in [0.15, 0.2) is 71.3 Å². The van der Waals surface area contributed by atoms with E-state index in [1.54, 1.807) is 12.1 Å². The number of likely N-dealkylation sites (N-methyl/N-ethyl adjacent to an activating group) is 1. The van der Waals surface area contributed by atoms with E-state index in [0.29, 0.717) is 41.0 Å². The van der Waals surface area contributed by atoms with Gasteiger partial charge in [0.2, 0.25) is 5.91 Å². The van der Waals surface area contributed by atoms with Crippen LogP contribution in [0, 0.1) is 11.3 Å². The minimum absolute atomic E-state index is 0.0515. The van der Waals surface area contributed by atoms with Crippen LogP contribution in [0.5, 0.6) is 0 Å². The predicted molar refractivity (Wildman–Crippen MR) is 185 cm³/mol. The van der Waals surface area contributed by atoms with E-state index in [1.807, 2.05) is 26.0 Å². The molecule has 6 N–H and O–H groups in total. The lowest BCUT2D eigenvalue weighted by Crippen LogP contribution is -2.29. The summed E-state index contributed by atoms with van der Waals surface area (Å²) >= 11 is 5.85. The second-order valence-corrected chi connectivity index (χ2v) is 11.8. The molecule has 0 spiro atoms. The minimum atomic E-state index is -4.61. The lowest BCUT2D eigenvalue weighted by molar-refractivity contribution is -0.149. The summed E-state index contributed by atoms with van der Waals surface area (Å²) < 4.78 is 65.6. The van der Waals surface area contributed by atoms with E-state index in [-0.39, 0.29) is 28.8 Å². The molecule has 2 aromatic carbocycles. The van der Waals surface area contributed by atoms with E-state index in [1.165, 1.54) is 69.6 Å². The molecule has 7 nitrogen and oxygen atoms in total. The van der Waals surface area contributed by atoms with Gasteiger partial charge in [-0.15, -0.1) is 0 Å². The first kappa shape index (κ1) is 43.0. The number of hydrogen-bond donors (Lipinski definition) is 4. The Morgan fingerprint density at radius 3 is 2.08 bits per heavy atom. The van der Waals surface area contributed by atoms with Gasteiger partial charge in [-0.1, -0.05) is 55.8 Å². The molecule has 0 bridgehead atoms. The maximum Gasteiger partial charge on any atom is 0.407 e. The first-order chi connectivity index (χ1) is 22.8. The van der Waals surface area contributed by atoms with Crippen LogP contribution in [-0.4, -0.2) is 44.1 Å². The number of amides is 2. The van der Waals surface area contributed by atoms with Gasteiger partial charge in [0.1, 0.15) is 6.04 Å². The molecule has 1 saturated carbocycles. The Morgan fingerprint density at radius 1 is 1.06 bits per heavy atom. The van der Waals surface area contributed by atoms with E-state index in [2.05, 4.69) is 16.7 Å². The fraction of sp³-hybridized carbons (Fsp3) is 0.417. The highest BCUT2D eigenvalue weighted by Crippen LogP contribution is 2.41. The zero-order valence-corrected chi connectivity index (χ0v) is 29.3. The van der Waals surface area contributed by atoms with Gasteiger partial charge in [-0.2, -0.15) is 18.4 Å². The summed E-state index contributed by atoms with van der Waals surface area (Å²) in [4.78, 5) is 24.8. The molecule has 49 heavy (non-hydrogen) atoms. The van der Waals surface area contributed by atoms with Crippen molar-refractivity contribution in [2.45, 2.75) is 77.9 Å². The van der Waals surface area contributed by atoms with Crippen LogP contribution < -0.4 is 22.1 Å². The topological polar surface area (TPSA) is 134 Å². The van der Waals surface area contributed by atoms with Crippen molar-refractivity contribution in [3.63, 3.8) is 0 Å². The number of carbonyl (C=O) groups is 2. The number of hydrogen-bond acceptors (Lipinski definition) is 5. The quantitative estimate of drug-likeness (QED) is 0.113. The standard InChI is InChI=1S/C24H30F5N3O2.C10H8ClN.C2H7N/c1-6-7-16(13-32-21(33)14(2)15(3)23(4,25)26)12-19(22(34)31-5)17-8-10-18(11-9-17)20(30)24(27,28)29;11-10-4-7(6-12)3-9(5-10)8-1-2-8;1-2-3/h7-12,20H,6,13,30H2,1-5H3,(H,31,34)(H,32,33);3-5,8H,1-2H2;2-3H2,1H3/b15-14+,16-7-,19-12-;;. The monoisotopic (exact) mass is 709 g/mol. The highest BCUT2D eigenvalue weighted by atomic mass is 35.5. The second-order valence-electron chi connectivity index (χ2n) is 11.4. The lowest BCUT2D eigenvalue weighted by atomic mass is 9.98. The molecule has 2 aromatic rings. The molecule has 1 aliphatic rings. The van der Waals surface area contributed by atoms with Gasteiger partial charge in [-0.25, -0.2) is 8.78 Å². The average molecular weight is 710 g/mol. The Kier molecular flexibility index (Phi) is 17.4. The van der Waals surface area contributed by atoms with Crippen LogP contribution in [0.3, 0.4) is 0 Å². The average Bonchev–Trinajstić information content (AvgIpc) is 3.90. The summed E-state index contributed by atoms with van der Waals surface area (Å²) in [5.74, 6) is -3.66. The number of alkyl halides is 5. The van der Waals surface area contributed by atoms with Gasteiger partial charge in [0.05, 0.1) is 11.6 Å². The first-order valence-corrected chi connectivity index (χ1v) is 16.0. The first-order valence-electron chi connectivity index (χ1n) is 15.6. The molecule has 13 heteroatoms. The normalized spacial score (nSPS) is 14.6. The lowest BCUT2D eigenvalue weighted by Gasteiger charge is -2.17. The van der Waals surface area contributed by atoms with Gasteiger partial charge in [0.15, 0.2) is 0 Å². The molecule has 3 rings (SSSR count). The molecule has 1 fully saturated rings. The number of allylic oxidation sites excluding steroid dienone is 2. The molecule has 0 radical (unpaired) electrons. The van der Waals surface area contributed by atoms with Gasteiger partial charge in [0, 0.05) is 42.3 Å². The van der Waals surface area contributed by atoms with Crippen molar-refractivity contribution in [1.82, 2.24) is 10.6 Å². The molecule has 1 unspecified atom stereocenters. The Labute approximate surface area is 290 Å². The van der Waals surface area contributed by atoms with Crippen LogP contribution in [-0.2, 0) is 9.59 Å². The minimum Gasteiger partial charge on any atom is -0.355 e. The van der Waals surface area contributed by atoms with E-state index >= 15 is 0 Å². The number of carbonyl (C=O) groups excluding carboxylic acids is 2. The van der Waals surface area contributed by atoms with Crippen molar-refractivity contribution >= 4 is 29.0 Å². The zero-order valence-electron chi connectivity index (χ0n) is 28.6. The number of rotatable bonds is 10. The zero-order chi connectivity index (χ0) is 37.5. The van der Waals surface area contributed by atoms with Crippen molar-refractivity contribution in [3.05, 3.63) is 98.6 Å². The van der Waals surface area contributed by atoms with Crippen molar-refractivity contribution in [1.29, 1.82) is 5.26 Å². The van der Waals surface area contributed by atoms with Crippen LogP contribution >= 0.6 is 11.6 Å². The third-order valence-electron chi connectivity index (χ3n) is 7.31. The van der Waals surface area contributed by atoms with E-state index in [4.69, 9.17) is 28.3 Å². The van der Waals surface area contributed by atoms with Gasteiger partial charge in [-0.05, 0) is 92.1 Å². The van der Waals surface area contributed by atoms with Crippen molar-refractivity contribution in [2.24, 2.45) is 11.5 Å². The molecule has 0 aromatic heterocycles. The van der Waals surface area contributed by atoms with Crippen molar-refractivity contribution in [2.75, 3.05) is 20.1 Å². The van der Waals surface area contributed by atoms with Gasteiger partial charge < -0.3 is 22.1 Å². The summed E-state index contributed by atoms with van der Waals surface area (Å²) in [5, 5.41) is 14.4. The van der Waals surface area contributed by atoms with Crippen LogP contribution in [0.25, 0.3) is 5.57 Å². The van der Waals surface area contributed by atoms with E-state index < -0.39 is 30.0 Å². The van der Waals surface area contributed by atoms with Crippen molar-refractivity contribution < 1.29 is 31.5 Å². The second kappa shape index (κ2) is 19.8. The fourth-order valence-corrected chi connectivity index (χ4v) is 4.49. The summed E-state index contributed by atoms with van der Waals surface area (Å²) in [6, 6.07) is 10.6. The molecular formula is C36H45ClF5N5O2. The highest BCUT2D eigenvalue weighted by molar-refractivity contribution is 6.30. The summed E-state index contributed by atoms with van der Waals surface area (Å²) in [5.41, 5.74) is 12.3. The number of halogens is 6. The van der Waals surface area contributed by atoms with Crippen molar-refractivity contribution in [3.8, 4) is 6.07 Å². The number of nitrogens with one attached hydrogen (secondary N) is 2.